The SMILES string of the molecule is Cc1ccc(Br)cc1NC(=O)C1COCC1N. The van der Waals surface area contributed by atoms with Gasteiger partial charge in [0.25, 0.3) is 0 Å². The van der Waals surface area contributed by atoms with E-state index in [1.165, 1.54) is 0 Å². The molecule has 1 aromatic carbocycles. The summed E-state index contributed by atoms with van der Waals surface area (Å²) in [5.74, 6) is -0.329. The molecule has 1 aliphatic heterocycles. The van der Waals surface area contributed by atoms with Gasteiger partial charge >= 0.3 is 0 Å². The van der Waals surface area contributed by atoms with Gasteiger partial charge < -0.3 is 15.8 Å². The average Bonchev–Trinajstić information content (AvgIpc) is 2.70. The lowest BCUT2D eigenvalue weighted by Crippen LogP contribution is -2.37. The normalized spacial score (nSPS) is 23.7. The maximum absolute atomic E-state index is 12.0. The first-order valence-corrected chi connectivity index (χ1v) is 6.27. The Morgan fingerprint density at radius 1 is 1.53 bits per heavy atom. The van der Waals surface area contributed by atoms with Gasteiger partial charge in [-0.25, -0.2) is 0 Å². The highest BCUT2D eigenvalue weighted by Gasteiger charge is 2.31. The number of halogens is 1. The molecule has 1 aromatic rings. The average molecular weight is 299 g/mol. The van der Waals surface area contributed by atoms with Crippen LogP contribution in [0.25, 0.3) is 0 Å². The van der Waals surface area contributed by atoms with Gasteiger partial charge in [0, 0.05) is 16.2 Å². The van der Waals surface area contributed by atoms with Gasteiger partial charge in [-0.05, 0) is 24.6 Å². The van der Waals surface area contributed by atoms with Crippen LogP contribution >= 0.6 is 15.9 Å². The summed E-state index contributed by atoms with van der Waals surface area (Å²) < 4.78 is 6.12. The molecule has 17 heavy (non-hydrogen) atoms. The summed E-state index contributed by atoms with van der Waals surface area (Å²) in [6, 6.07) is 5.57. The lowest BCUT2D eigenvalue weighted by Gasteiger charge is -2.15. The van der Waals surface area contributed by atoms with Gasteiger partial charge in [0.05, 0.1) is 19.1 Å². The van der Waals surface area contributed by atoms with Crippen LogP contribution in [-0.4, -0.2) is 25.2 Å². The molecule has 2 unspecified atom stereocenters. The number of carbonyl (C=O) groups excluding carboxylic acids is 1. The van der Waals surface area contributed by atoms with Crippen molar-refractivity contribution in [2.75, 3.05) is 18.5 Å². The van der Waals surface area contributed by atoms with Crippen LogP contribution in [0.3, 0.4) is 0 Å². The Morgan fingerprint density at radius 2 is 2.29 bits per heavy atom. The molecule has 4 nitrogen and oxygen atoms in total. The molecule has 3 N–H and O–H groups in total. The van der Waals surface area contributed by atoms with Gasteiger partial charge in [0.15, 0.2) is 0 Å². The minimum Gasteiger partial charge on any atom is -0.379 e. The number of hydrogen-bond donors (Lipinski definition) is 2. The predicted molar refractivity (Wildman–Crippen MR) is 69.8 cm³/mol. The molecule has 0 saturated carbocycles. The number of anilines is 1. The monoisotopic (exact) mass is 298 g/mol. The number of nitrogens with one attached hydrogen (secondary N) is 1. The van der Waals surface area contributed by atoms with Crippen LogP contribution in [0.15, 0.2) is 22.7 Å². The highest BCUT2D eigenvalue weighted by atomic mass is 79.9. The quantitative estimate of drug-likeness (QED) is 0.873. The third-order valence-corrected chi connectivity index (χ3v) is 3.41. The van der Waals surface area contributed by atoms with E-state index in [9.17, 15) is 4.79 Å². The zero-order valence-electron chi connectivity index (χ0n) is 9.57. The van der Waals surface area contributed by atoms with Crippen LogP contribution in [0.1, 0.15) is 5.56 Å². The summed E-state index contributed by atoms with van der Waals surface area (Å²) in [7, 11) is 0. The fourth-order valence-electron chi connectivity index (χ4n) is 1.80. The van der Waals surface area contributed by atoms with Crippen LogP contribution in [0.2, 0.25) is 0 Å². The van der Waals surface area contributed by atoms with E-state index >= 15 is 0 Å². The van der Waals surface area contributed by atoms with Crippen molar-refractivity contribution in [1.82, 2.24) is 0 Å². The van der Waals surface area contributed by atoms with Crippen LogP contribution < -0.4 is 11.1 Å². The molecule has 0 radical (unpaired) electrons. The van der Waals surface area contributed by atoms with Crippen molar-refractivity contribution in [2.24, 2.45) is 11.7 Å². The van der Waals surface area contributed by atoms with E-state index in [2.05, 4.69) is 21.2 Å². The Morgan fingerprint density at radius 3 is 2.94 bits per heavy atom. The van der Waals surface area contributed by atoms with Crippen LogP contribution in [0.5, 0.6) is 0 Å². The zero-order chi connectivity index (χ0) is 12.4. The largest absolute Gasteiger partial charge is 0.379 e. The van der Waals surface area contributed by atoms with Crippen molar-refractivity contribution in [3.63, 3.8) is 0 Å². The topological polar surface area (TPSA) is 64.3 Å². The van der Waals surface area contributed by atoms with Crippen molar-refractivity contribution in [1.29, 1.82) is 0 Å². The first-order valence-electron chi connectivity index (χ1n) is 5.48. The molecule has 0 bridgehead atoms. The van der Waals surface area contributed by atoms with E-state index in [0.717, 1.165) is 15.7 Å². The molecule has 92 valence electrons. The summed E-state index contributed by atoms with van der Waals surface area (Å²) in [4.78, 5) is 12.0. The fraction of sp³-hybridized carbons (Fsp3) is 0.417. The van der Waals surface area contributed by atoms with Gasteiger partial charge in [0.1, 0.15) is 0 Å². The molecule has 0 aromatic heterocycles. The molecule has 1 heterocycles. The van der Waals surface area contributed by atoms with Crippen molar-refractivity contribution in [2.45, 2.75) is 13.0 Å². The number of ether oxygens (including phenoxy) is 1. The number of nitrogens with two attached hydrogens (primary N) is 1. The highest BCUT2D eigenvalue weighted by Crippen LogP contribution is 2.22. The van der Waals surface area contributed by atoms with E-state index in [1.54, 1.807) is 0 Å². The third-order valence-electron chi connectivity index (χ3n) is 2.92. The minimum absolute atomic E-state index is 0.0730. The predicted octanol–water partition coefficient (Wildman–Crippen LogP) is 1.67. The molecular formula is C12H15BrN2O2. The van der Waals surface area contributed by atoms with Crippen LogP contribution in [0.4, 0.5) is 5.69 Å². The molecule has 1 amide bonds. The van der Waals surface area contributed by atoms with Gasteiger partial charge in [0.2, 0.25) is 5.91 Å². The van der Waals surface area contributed by atoms with Crippen molar-refractivity contribution in [3.8, 4) is 0 Å². The number of aryl methyl sites for hydroxylation is 1. The van der Waals surface area contributed by atoms with Gasteiger partial charge in [-0.3, -0.25) is 4.79 Å². The van der Waals surface area contributed by atoms with Gasteiger partial charge in [-0.1, -0.05) is 22.0 Å². The molecule has 0 spiro atoms. The van der Waals surface area contributed by atoms with Crippen LogP contribution in [-0.2, 0) is 9.53 Å². The van der Waals surface area contributed by atoms with E-state index < -0.39 is 0 Å². The van der Waals surface area contributed by atoms with E-state index in [-0.39, 0.29) is 17.9 Å². The summed E-state index contributed by atoms with van der Waals surface area (Å²) in [5.41, 5.74) is 7.64. The van der Waals surface area contributed by atoms with Gasteiger partial charge in [-0.2, -0.15) is 0 Å². The summed E-state index contributed by atoms with van der Waals surface area (Å²) in [6.07, 6.45) is 0. The summed E-state index contributed by atoms with van der Waals surface area (Å²) in [6.45, 7) is 2.81. The molecule has 1 saturated heterocycles. The summed E-state index contributed by atoms with van der Waals surface area (Å²) in [5, 5.41) is 2.89. The highest BCUT2D eigenvalue weighted by molar-refractivity contribution is 9.10. The van der Waals surface area contributed by atoms with Gasteiger partial charge in [-0.15, -0.1) is 0 Å². The Bertz CT molecular complexity index is 437. The molecule has 5 heteroatoms. The van der Waals surface area contributed by atoms with Crippen molar-refractivity contribution in [3.05, 3.63) is 28.2 Å². The first kappa shape index (κ1) is 12.5. The van der Waals surface area contributed by atoms with E-state index in [4.69, 9.17) is 10.5 Å². The maximum Gasteiger partial charge on any atom is 0.231 e. The lowest BCUT2D eigenvalue weighted by atomic mass is 10.0. The van der Waals surface area contributed by atoms with Crippen molar-refractivity contribution >= 4 is 27.5 Å². The van der Waals surface area contributed by atoms with Crippen molar-refractivity contribution < 1.29 is 9.53 Å². The zero-order valence-corrected chi connectivity index (χ0v) is 11.2. The first-order chi connectivity index (χ1) is 8.08. The second kappa shape index (κ2) is 5.16. The molecular weight excluding hydrogens is 284 g/mol. The number of hydrogen-bond acceptors (Lipinski definition) is 3. The Kier molecular flexibility index (Phi) is 3.81. The standard InChI is InChI=1S/C12H15BrN2O2/c1-7-2-3-8(13)4-11(7)15-12(16)9-5-17-6-10(9)14/h2-4,9-10H,5-6,14H2,1H3,(H,15,16). The summed E-state index contributed by atoms with van der Waals surface area (Å²) >= 11 is 3.38. The number of benzene rings is 1. The molecule has 1 fully saturated rings. The second-order valence-electron chi connectivity index (χ2n) is 4.26. The van der Waals surface area contributed by atoms with E-state index in [0.29, 0.717) is 13.2 Å². The number of rotatable bonds is 2. The lowest BCUT2D eigenvalue weighted by molar-refractivity contribution is -0.120. The number of amides is 1. The molecule has 2 atom stereocenters. The minimum atomic E-state index is -0.256. The smallest absolute Gasteiger partial charge is 0.231 e. The maximum atomic E-state index is 12.0. The Hall–Kier alpha value is -0.910. The molecule has 1 aliphatic rings. The Labute approximate surface area is 109 Å². The van der Waals surface area contributed by atoms with Crippen LogP contribution in [0, 0.1) is 12.8 Å². The third kappa shape index (κ3) is 2.86. The molecule has 2 rings (SSSR count). The number of carbonyl (C=O) groups is 1. The molecule has 0 aliphatic carbocycles. The van der Waals surface area contributed by atoms with E-state index in [1.807, 2.05) is 25.1 Å². The second-order valence-corrected chi connectivity index (χ2v) is 5.17. The Balaban J connectivity index is 2.10. The fourth-order valence-corrected chi connectivity index (χ4v) is 2.16.